The zero-order valence-corrected chi connectivity index (χ0v) is 14.8. The van der Waals surface area contributed by atoms with Crippen LogP contribution < -0.4 is 10.1 Å². The van der Waals surface area contributed by atoms with Crippen LogP contribution in [0.15, 0.2) is 24.3 Å². The molecule has 0 fully saturated rings. The van der Waals surface area contributed by atoms with Crippen LogP contribution in [0.4, 0.5) is 4.79 Å². The number of nitrogens with one attached hydrogen (secondary N) is 1. The molecule has 7 heteroatoms. The molecule has 0 heterocycles. The van der Waals surface area contributed by atoms with Crippen LogP contribution in [-0.2, 0) is 25.6 Å². The predicted octanol–water partition coefficient (Wildman–Crippen LogP) is 2.28. The van der Waals surface area contributed by atoms with Gasteiger partial charge >= 0.3 is 12.1 Å². The maximum atomic E-state index is 11.8. The number of esters is 1. The van der Waals surface area contributed by atoms with Gasteiger partial charge in [-0.2, -0.15) is 0 Å². The first-order valence-electron chi connectivity index (χ1n) is 7.53. The quantitative estimate of drug-likeness (QED) is 0.767. The molecule has 0 aliphatic heterocycles. The van der Waals surface area contributed by atoms with Crippen LogP contribution in [-0.4, -0.2) is 44.5 Å². The van der Waals surface area contributed by atoms with Gasteiger partial charge < -0.3 is 24.3 Å². The predicted molar refractivity (Wildman–Crippen MR) is 87.8 cm³/mol. The van der Waals surface area contributed by atoms with Crippen LogP contribution in [0.5, 0.6) is 5.75 Å². The molecular formula is C17H25NO6. The lowest BCUT2D eigenvalue weighted by atomic mass is 10.2. The van der Waals surface area contributed by atoms with Crippen molar-refractivity contribution in [3.63, 3.8) is 0 Å². The number of ether oxygens (including phenoxy) is 4. The SMILES string of the molecule is COC(=O)[C@H](COCc1ccc(OC)cc1)NC(=O)OC(C)(C)C. The molecule has 0 aliphatic rings. The highest BCUT2D eigenvalue weighted by Gasteiger charge is 2.25. The topological polar surface area (TPSA) is 83.1 Å². The summed E-state index contributed by atoms with van der Waals surface area (Å²) < 4.78 is 20.4. The molecule has 1 aromatic carbocycles. The summed E-state index contributed by atoms with van der Waals surface area (Å²) in [5, 5.41) is 2.45. The summed E-state index contributed by atoms with van der Waals surface area (Å²) in [5.74, 6) is 0.147. The second-order valence-electron chi connectivity index (χ2n) is 6.09. The van der Waals surface area contributed by atoms with E-state index in [1.807, 2.05) is 24.3 Å². The summed E-state index contributed by atoms with van der Waals surface area (Å²) in [6, 6.07) is 6.40. The molecule has 1 N–H and O–H groups in total. The molecule has 0 spiro atoms. The molecule has 1 rings (SSSR count). The first kappa shape index (κ1) is 19.8. The summed E-state index contributed by atoms with van der Waals surface area (Å²) in [6.45, 7) is 5.46. The number of hydrogen-bond donors (Lipinski definition) is 1. The summed E-state index contributed by atoms with van der Waals surface area (Å²) >= 11 is 0. The Morgan fingerprint density at radius 1 is 1.12 bits per heavy atom. The maximum Gasteiger partial charge on any atom is 0.408 e. The zero-order chi connectivity index (χ0) is 18.2. The van der Waals surface area contributed by atoms with E-state index in [0.717, 1.165) is 11.3 Å². The van der Waals surface area contributed by atoms with Gasteiger partial charge in [0.25, 0.3) is 0 Å². The number of carbonyl (C=O) groups is 2. The van der Waals surface area contributed by atoms with E-state index in [-0.39, 0.29) is 13.2 Å². The first-order chi connectivity index (χ1) is 11.2. The van der Waals surface area contributed by atoms with Crippen molar-refractivity contribution in [3.05, 3.63) is 29.8 Å². The highest BCUT2D eigenvalue weighted by atomic mass is 16.6. The second kappa shape index (κ2) is 9.12. The molecule has 134 valence electrons. The van der Waals surface area contributed by atoms with Crippen LogP contribution in [0.3, 0.4) is 0 Å². The Morgan fingerprint density at radius 2 is 1.75 bits per heavy atom. The third kappa shape index (κ3) is 7.32. The standard InChI is InChI=1S/C17H25NO6/c1-17(2,3)24-16(20)18-14(15(19)22-5)11-23-10-12-6-8-13(21-4)9-7-12/h6-9,14H,10-11H2,1-5H3,(H,18,20)/t14-/m0/s1. The first-order valence-corrected chi connectivity index (χ1v) is 7.53. The maximum absolute atomic E-state index is 11.8. The van der Waals surface area contributed by atoms with E-state index in [9.17, 15) is 9.59 Å². The van der Waals surface area contributed by atoms with Crippen molar-refractivity contribution in [2.75, 3.05) is 20.8 Å². The third-order valence-corrected chi connectivity index (χ3v) is 2.89. The van der Waals surface area contributed by atoms with E-state index in [4.69, 9.17) is 14.2 Å². The van der Waals surface area contributed by atoms with Gasteiger partial charge in [0.15, 0.2) is 6.04 Å². The van der Waals surface area contributed by atoms with Crippen molar-refractivity contribution in [1.82, 2.24) is 5.32 Å². The molecule has 0 aromatic heterocycles. The fraction of sp³-hybridized carbons (Fsp3) is 0.529. The van der Waals surface area contributed by atoms with Crippen LogP contribution in [0.25, 0.3) is 0 Å². The molecule has 0 unspecified atom stereocenters. The monoisotopic (exact) mass is 339 g/mol. The van der Waals surface area contributed by atoms with Crippen LogP contribution >= 0.6 is 0 Å². The molecule has 1 amide bonds. The van der Waals surface area contributed by atoms with Crippen molar-refractivity contribution in [2.24, 2.45) is 0 Å². The lowest BCUT2D eigenvalue weighted by molar-refractivity contribution is -0.145. The molecule has 24 heavy (non-hydrogen) atoms. The van der Waals surface area contributed by atoms with Gasteiger partial charge in [-0.3, -0.25) is 0 Å². The molecule has 0 bridgehead atoms. The minimum atomic E-state index is -0.942. The summed E-state index contributed by atoms with van der Waals surface area (Å²) in [7, 11) is 2.84. The number of amides is 1. The third-order valence-electron chi connectivity index (χ3n) is 2.89. The van der Waals surface area contributed by atoms with Gasteiger partial charge in [-0.1, -0.05) is 12.1 Å². The largest absolute Gasteiger partial charge is 0.497 e. The highest BCUT2D eigenvalue weighted by molar-refractivity contribution is 5.81. The van der Waals surface area contributed by atoms with Gasteiger partial charge in [0.1, 0.15) is 11.4 Å². The van der Waals surface area contributed by atoms with Crippen LogP contribution in [0.1, 0.15) is 26.3 Å². The Morgan fingerprint density at radius 3 is 2.25 bits per heavy atom. The van der Waals surface area contributed by atoms with Gasteiger partial charge in [-0.25, -0.2) is 9.59 Å². The average Bonchev–Trinajstić information content (AvgIpc) is 2.52. The van der Waals surface area contributed by atoms with E-state index in [1.165, 1.54) is 7.11 Å². The van der Waals surface area contributed by atoms with E-state index >= 15 is 0 Å². The minimum Gasteiger partial charge on any atom is -0.497 e. The summed E-state index contributed by atoms with van der Waals surface area (Å²) in [6.07, 6.45) is -0.703. The smallest absolute Gasteiger partial charge is 0.408 e. The van der Waals surface area contributed by atoms with E-state index in [1.54, 1.807) is 27.9 Å². The molecular weight excluding hydrogens is 314 g/mol. The van der Waals surface area contributed by atoms with Crippen molar-refractivity contribution in [2.45, 2.75) is 39.0 Å². The summed E-state index contributed by atoms with van der Waals surface area (Å²) in [4.78, 5) is 23.5. The van der Waals surface area contributed by atoms with Gasteiger partial charge in [-0.05, 0) is 38.5 Å². The van der Waals surface area contributed by atoms with Crippen molar-refractivity contribution >= 4 is 12.1 Å². The molecule has 0 radical (unpaired) electrons. The van der Waals surface area contributed by atoms with E-state index in [0.29, 0.717) is 0 Å². The number of methoxy groups -OCH3 is 2. The normalized spacial score (nSPS) is 12.2. The Kier molecular flexibility index (Phi) is 7.51. The van der Waals surface area contributed by atoms with E-state index < -0.39 is 23.7 Å². The Labute approximate surface area is 142 Å². The van der Waals surface area contributed by atoms with Gasteiger partial charge in [-0.15, -0.1) is 0 Å². The van der Waals surface area contributed by atoms with Gasteiger partial charge in [0.2, 0.25) is 0 Å². The van der Waals surface area contributed by atoms with E-state index in [2.05, 4.69) is 10.1 Å². The fourth-order valence-corrected chi connectivity index (χ4v) is 1.78. The Hall–Kier alpha value is -2.28. The Bertz CT molecular complexity index is 535. The van der Waals surface area contributed by atoms with Crippen molar-refractivity contribution < 1.29 is 28.5 Å². The highest BCUT2D eigenvalue weighted by Crippen LogP contribution is 2.12. The van der Waals surface area contributed by atoms with Crippen molar-refractivity contribution in [1.29, 1.82) is 0 Å². The van der Waals surface area contributed by atoms with Crippen LogP contribution in [0.2, 0.25) is 0 Å². The molecule has 0 saturated heterocycles. The van der Waals surface area contributed by atoms with Gasteiger partial charge in [0, 0.05) is 0 Å². The number of hydrogen-bond acceptors (Lipinski definition) is 6. The van der Waals surface area contributed by atoms with Crippen molar-refractivity contribution in [3.8, 4) is 5.75 Å². The molecule has 1 atom stereocenters. The van der Waals surface area contributed by atoms with Crippen LogP contribution in [0, 0.1) is 0 Å². The minimum absolute atomic E-state index is 0.0298. The summed E-state index contributed by atoms with van der Waals surface area (Å²) in [5.41, 5.74) is 0.256. The average molecular weight is 339 g/mol. The second-order valence-corrected chi connectivity index (χ2v) is 6.09. The molecule has 1 aromatic rings. The fourth-order valence-electron chi connectivity index (χ4n) is 1.78. The molecule has 0 saturated carbocycles. The zero-order valence-electron chi connectivity index (χ0n) is 14.8. The molecule has 7 nitrogen and oxygen atoms in total. The lowest BCUT2D eigenvalue weighted by Crippen LogP contribution is -2.46. The number of rotatable bonds is 7. The number of alkyl carbamates (subject to hydrolysis) is 1. The lowest BCUT2D eigenvalue weighted by Gasteiger charge is -2.22. The Balaban J connectivity index is 2.53. The number of benzene rings is 1. The molecule has 0 aliphatic carbocycles. The number of carbonyl (C=O) groups excluding carboxylic acids is 2. The van der Waals surface area contributed by atoms with Gasteiger partial charge in [0.05, 0.1) is 27.4 Å².